The molecule has 0 unspecified atom stereocenters. The van der Waals surface area contributed by atoms with Gasteiger partial charge in [-0.3, -0.25) is 4.98 Å². The Hall–Kier alpha value is -9.38. The predicted molar refractivity (Wildman–Crippen MR) is 292 cm³/mol. The van der Waals surface area contributed by atoms with Crippen LogP contribution in [0.15, 0.2) is 255 Å². The smallest absolute Gasteiger partial charge is 0.164 e. The van der Waals surface area contributed by atoms with E-state index in [1.165, 1.54) is 70.9 Å². The molecule has 2 aromatic heterocycles. The molecular formula is C67H42N4. The molecule has 1 aliphatic rings. The van der Waals surface area contributed by atoms with Gasteiger partial charge >= 0.3 is 0 Å². The van der Waals surface area contributed by atoms with Crippen LogP contribution in [0.4, 0.5) is 0 Å². The summed E-state index contributed by atoms with van der Waals surface area (Å²) in [6, 6.07) is 87.4. The summed E-state index contributed by atoms with van der Waals surface area (Å²) in [5.74, 6) is 1.80. The maximum Gasteiger partial charge on any atom is 0.164 e. The number of nitrogens with zero attached hydrogens (tertiary/aromatic N) is 4. The van der Waals surface area contributed by atoms with E-state index >= 15 is 0 Å². The van der Waals surface area contributed by atoms with E-state index in [9.17, 15) is 0 Å². The third kappa shape index (κ3) is 6.39. The van der Waals surface area contributed by atoms with Crippen molar-refractivity contribution < 1.29 is 0 Å². The Labute approximate surface area is 411 Å². The lowest BCUT2D eigenvalue weighted by Crippen LogP contribution is -2.28. The zero-order chi connectivity index (χ0) is 46.9. The van der Waals surface area contributed by atoms with Gasteiger partial charge in [-0.05, 0) is 123 Å². The lowest BCUT2D eigenvalue weighted by Gasteiger charge is -2.33. The zero-order valence-electron chi connectivity index (χ0n) is 38.5. The first kappa shape index (κ1) is 40.7. The number of rotatable bonds is 7. The van der Waals surface area contributed by atoms with Gasteiger partial charge in [0.1, 0.15) is 0 Å². The van der Waals surface area contributed by atoms with Crippen molar-refractivity contribution >= 4 is 43.1 Å². The van der Waals surface area contributed by atoms with Crippen LogP contribution >= 0.6 is 0 Å². The van der Waals surface area contributed by atoms with Gasteiger partial charge in [0.25, 0.3) is 0 Å². The largest absolute Gasteiger partial charge is 0.264 e. The molecule has 0 saturated heterocycles. The van der Waals surface area contributed by atoms with Crippen LogP contribution in [0.3, 0.4) is 0 Å². The van der Waals surface area contributed by atoms with Crippen molar-refractivity contribution in [3.8, 4) is 67.5 Å². The molecule has 0 saturated carbocycles. The molecule has 330 valence electrons. The van der Waals surface area contributed by atoms with Crippen LogP contribution in [0.25, 0.3) is 111 Å². The van der Waals surface area contributed by atoms with E-state index in [0.717, 1.165) is 44.5 Å². The van der Waals surface area contributed by atoms with E-state index in [-0.39, 0.29) is 0 Å². The minimum atomic E-state index is -0.574. The normalized spacial score (nSPS) is 12.6. The first-order chi connectivity index (χ1) is 35.2. The topological polar surface area (TPSA) is 51.6 Å². The van der Waals surface area contributed by atoms with E-state index in [1.54, 1.807) is 0 Å². The highest BCUT2D eigenvalue weighted by Crippen LogP contribution is 2.58. The van der Waals surface area contributed by atoms with Gasteiger partial charge in [0.05, 0.1) is 5.41 Å². The van der Waals surface area contributed by atoms with E-state index in [1.807, 2.05) is 36.7 Å². The molecule has 11 aromatic carbocycles. The second-order valence-electron chi connectivity index (χ2n) is 18.5. The van der Waals surface area contributed by atoms with Gasteiger partial charge < -0.3 is 0 Å². The van der Waals surface area contributed by atoms with Crippen LogP contribution in [-0.2, 0) is 5.41 Å². The molecule has 13 aromatic rings. The summed E-state index contributed by atoms with van der Waals surface area (Å²) in [6.45, 7) is 0. The molecule has 4 heteroatoms. The molecule has 0 radical (unpaired) electrons. The second-order valence-corrected chi connectivity index (χ2v) is 18.5. The van der Waals surface area contributed by atoms with Crippen LogP contribution in [0, 0.1) is 0 Å². The molecule has 14 rings (SSSR count). The van der Waals surface area contributed by atoms with Crippen molar-refractivity contribution in [2.24, 2.45) is 0 Å². The summed E-state index contributed by atoms with van der Waals surface area (Å²) in [5, 5.41) is 9.85. The molecular weight excluding hydrogens is 861 g/mol. The number of pyridine rings is 1. The van der Waals surface area contributed by atoms with Crippen molar-refractivity contribution in [3.63, 3.8) is 0 Å². The lowest BCUT2D eigenvalue weighted by molar-refractivity contribution is 0.768. The second kappa shape index (κ2) is 16.4. The molecule has 0 aliphatic heterocycles. The molecule has 0 spiro atoms. The Morgan fingerprint density at radius 1 is 0.282 bits per heavy atom. The van der Waals surface area contributed by atoms with E-state index in [0.29, 0.717) is 17.5 Å². The molecule has 0 amide bonds. The van der Waals surface area contributed by atoms with Gasteiger partial charge in [-0.2, -0.15) is 0 Å². The van der Waals surface area contributed by atoms with E-state index < -0.39 is 5.41 Å². The van der Waals surface area contributed by atoms with E-state index in [4.69, 9.17) is 15.0 Å². The number of fused-ring (bicyclic) bond motifs is 11. The Balaban J connectivity index is 1.05. The fourth-order valence-electron chi connectivity index (χ4n) is 11.6. The van der Waals surface area contributed by atoms with Crippen molar-refractivity contribution in [1.82, 2.24) is 19.9 Å². The predicted octanol–water partition coefficient (Wildman–Crippen LogP) is 16.6. The van der Waals surface area contributed by atoms with Crippen molar-refractivity contribution in [1.29, 1.82) is 0 Å². The molecule has 4 nitrogen and oxygen atoms in total. The molecule has 71 heavy (non-hydrogen) atoms. The average Bonchev–Trinajstić information content (AvgIpc) is 3.77. The number of aromatic nitrogens is 4. The first-order valence-electron chi connectivity index (χ1n) is 24.2. The van der Waals surface area contributed by atoms with Crippen LogP contribution in [0.1, 0.15) is 22.3 Å². The zero-order valence-corrected chi connectivity index (χ0v) is 38.5. The van der Waals surface area contributed by atoms with Crippen LogP contribution in [-0.4, -0.2) is 19.9 Å². The minimum absolute atomic E-state index is 0.574. The Morgan fingerprint density at radius 3 is 1.46 bits per heavy atom. The highest BCUT2D eigenvalue weighted by atomic mass is 15.0. The van der Waals surface area contributed by atoms with E-state index in [2.05, 4.69) is 223 Å². The van der Waals surface area contributed by atoms with Crippen molar-refractivity contribution in [2.75, 3.05) is 0 Å². The molecule has 0 atom stereocenters. The number of hydrogen-bond donors (Lipinski definition) is 0. The Kier molecular flexibility index (Phi) is 9.39. The monoisotopic (exact) mass is 902 g/mol. The van der Waals surface area contributed by atoms with Crippen molar-refractivity contribution in [3.05, 3.63) is 277 Å². The fraction of sp³-hybridized carbons (Fsp3) is 0.0149. The van der Waals surface area contributed by atoms with Gasteiger partial charge in [0.15, 0.2) is 17.5 Å². The molecule has 0 bridgehead atoms. The maximum atomic E-state index is 5.56. The molecule has 0 N–H and O–H groups in total. The van der Waals surface area contributed by atoms with Gasteiger partial charge in [0, 0.05) is 34.6 Å². The summed E-state index contributed by atoms with van der Waals surface area (Å²) in [6.07, 6.45) is 3.76. The highest BCUT2D eigenvalue weighted by Gasteiger charge is 2.47. The summed E-state index contributed by atoms with van der Waals surface area (Å²) in [7, 11) is 0. The number of benzene rings is 11. The molecule has 2 heterocycles. The average molecular weight is 903 g/mol. The minimum Gasteiger partial charge on any atom is -0.264 e. The van der Waals surface area contributed by atoms with Gasteiger partial charge in [0.2, 0.25) is 0 Å². The summed E-state index contributed by atoms with van der Waals surface area (Å²) >= 11 is 0. The standard InChI is InChI=1S/C67H42N4/c1-4-20-43(21-5-1)64-69-65(71-66(70-64)57-34-18-36-61-63(57)56-33-16-17-35-60(56)67(61,48-23-6-2-7-24-48)49-25-8-3-9-26-49)47-39-45(44-22-19-37-68-42-44)38-46(40-47)58-41-59-52-29-11-10-27-50(52)51-28-12-14-31-54(51)62(59)55-32-15-13-30-53(55)58/h1-42H. The Bertz CT molecular complexity index is 4170. The van der Waals surface area contributed by atoms with Crippen LogP contribution in [0.5, 0.6) is 0 Å². The highest BCUT2D eigenvalue weighted by molar-refractivity contribution is 6.33. The third-order valence-corrected chi connectivity index (χ3v) is 14.6. The Morgan fingerprint density at radius 2 is 0.775 bits per heavy atom. The molecule has 0 fully saturated rings. The fourth-order valence-corrected chi connectivity index (χ4v) is 11.6. The van der Waals surface area contributed by atoms with Gasteiger partial charge in [-0.25, -0.2) is 15.0 Å². The summed E-state index contributed by atoms with van der Waals surface area (Å²) in [5.41, 5.74) is 13.5. The summed E-state index contributed by atoms with van der Waals surface area (Å²) < 4.78 is 0. The number of hydrogen-bond acceptors (Lipinski definition) is 4. The summed E-state index contributed by atoms with van der Waals surface area (Å²) in [4.78, 5) is 20.9. The lowest BCUT2D eigenvalue weighted by atomic mass is 9.67. The third-order valence-electron chi connectivity index (χ3n) is 14.6. The molecule has 1 aliphatic carbocycles. The SMILES string of the molecule is c1ccc(-c2nc(-c3cc(-c4cccnc4)cc(-c4cc5c6ccccc6c6ccccc6c5c5ccccc45)c3)nc(-c3cccc4c3-c3ccccc3C4(c3ccccc3)c3ccccc3)n2)cc1. The van der Waals surface area contributed by atoms with Crippen molar-refractivity contribution in [2.45, 2.75) is 5.41 Å². The maximum absolute atomic E-state index is 5.56. The van der Waals surface area contributed by atoms with Crippen LogP contribution < -0.4 is 0 Å². The quantitative estimate of drug-likeness (QED) is 0.150. The van der Waals surface area contributed by atoms with Crippen LogP contribution in [0.2, 0.25) is 0 Å². The first-order valence-corrected chi connectivity index (χ1v) is 24.2. The van der Waals surface area contributed by atoms with Gasteiger partial charge in [-0.1, -0.05) is 212 Å². The van der Waals surface area contributed by atoms with Gasteiger partial charge in [-0.15, -0.1) is 0 Å².